The fourth-order valence-electron chi connectivity index (χ4n) is 2.80. The van der Waals surface area contributed by atoms with Gasteiger partial charge in [-0.1, -0.05) is 30.3 Å². The summed E-state index contributed by atoms with van der Waals surface area (Å²) >= 11 is 3.34. The molecule has 21 heavy (non-hydrogen) atoms. The van der Waals surface area contributed by atoms with Gasteiger partial charge in [-0.15, -0.1) is 0 Å². The monoisotopic (exact) mass is 344 g/mol. The van der Waals surface area contributed by atoms with Crippen molar-refractivity contribution in [2.75, 3.05) is 13.1 Å². The summed E-state index contributed by atoms with van der Waals surface area (Å²) in [4.78, 5) is 18.5. The molecular formula is C17H17BrN2O. The first kappa shape index (κ1) is 14.3. The molecule has 1 unspecified atom stereocenters. The molecule has 1 atom stereocenters. The number of rotatable bonds is 3. The first-order chi connectivity index (χ1) is 10.2. The highest BCUT2D eigenvalue weighted by Crippen LogP contribution is 2.22. The summed E-state index contributed by atoms with van der Waals surface area (Å²) in [7, 11) is 0. The van der Waals surface area contributed by atoms with Gasteiger partial charge in [-0.3, -0.25) is 4.79 Å². The number of amides is 1. The Hall–Kier alpha value is -1.68. The number of hydrogen-bond donors (Lipinski definition) is 0. The van der Waals surface area contributed by atoms with Crippen LogP contribution in [0.2, 0.25) is 0 Å². The van der Waals surface area contributed by atoms with Crippen molar-refractivity contribution in [3.05, 3.63) is 64.4 Å². The summed E-state index contributed by atoms with van der Waals surface area (Å²) < 4.78 is 0.891. The molecule has 2 aromatic rings. The number of nitrogens with zero attached hydrogens (tertiary/aromatic N) is 2. The van der Waals surface area contributed by atoms with Gasteiger partial charge in [0.1, 0.15) is 5.69 Å². The molecule has 0 spiro atoms. The fourth-order valence-corrected chi connectivity index (χ4v) is 3.03. The third-order valence-corrected chi connectivity index (χ3v) is 4.36. The molecule has 1 saturated heterocycles. The summed E-state index contributed by atoms with van der Waals surface area (Å²) in [5, 5.41) is 0. The third-order valence-electron chi connectivity index (χ3n) is 3.89. The summed E-state index contributed by atoms with van der Waals surface area (Å²) in [6.07, 6.45) is 3.78. The van der Waals surface area contributed by atoms with Crippen LogP contribution in [0.1, 0.15) is 22.5 Å². The Morgan fingerprint density at radius 2 is 2.05 bits per heavy atom. The highest BCUT2D eigenvalue weighted by Gasteiger charge is 2.27. The van der Waals surface area contributed by atoms with E-state index >= 15 is 0 Å². The van der Waals surface area contributed by atoms with Crippen molar-refractivity contribution >= 4 is 21.8 Å². The molecule has 2 heterocycles. The van der Waals surface area contributed by atoms with Gasteiger partial charge in [0.2, 0.25) is 0 Å². The molecule has 0 bridgehead atoms. The number of carbonyl (C=O) groups excluding carboxylic acids is 1. The number of benzene rings is 1. The Morgan fingerprint density at radius 3 is 2.76 bits per heavy atom. The van der Waals surface area contributed by atoms with Gasteiger partial charge in [0.05, 0.1) is 0 Å². The summed E-state index contributed by atoms with van der Waals surface area (Å²) in [6.45, 7) is 1.65. The number of likely N-dealkylation sites (tertiary alicyclic amines) is 1. The minimum atomic E-state index is 0.0399. The lowest BCUT2D eigenvalue weighted by atomic mass is 9.99. The second-order valence-corrected chi connectivity index (χ2v) is 6.37. The van der Waals surface area contributed by atoms with Crippen LogP contribution in [-0.2, 0) is 6.42 Å². The molecule has 1 fully saturated rings. The van der Waals surface area contributed by atoms with E-state index in [4.69, 9.17) is 0 Å². The largest absolute Gasteiger partial charge is 0.337 e. The second kappa shape index (κ2) is 6.39. The Morgan fingerprint density at radius 1 is 1.24 bits per heavy atom. The molecule has 1 amide bonds. The molecule has 1 aromatic heterocycles. The molecule has 1 aromatic carbocycles. The van der Waals surface area contributed by atoms with Crippen LogP contribution < -0.4 is 0 Å². The Kier molecular flexibility index (Phi) is 4.34. The zero-order valence-electron chi connectivity index (χ0n) is 11.7. The quantitative estimate of drug-likeness (QED) is 0.852. The first-order valence-electron chi connectivity index (χ1n) is 7.17. The van der Waals surface area contributed by atoms with Gasteiger partial charge in [0, 0.05) is 23.8 Å². The van der Waals surface area contributed by atoms with Crippen molar-refractivity contribution < 1.29 is 4.79 Å². The van der Waals surface area contributed by atoms with E-state index in [1.165, 1.54) is 5.56 Å². The lowest BCUT2D eigenvalue weighted by molar-refractivity contribution is 0.0781. The van der Waals surface area contributed by atoms with Crippen LogP contribution in [0, 0.1) is 5.92 Å². The van der Waals surface area contributed by atoms with Gasteiger partial charge >= 0.3 is 0 Å². The zero-order valence-corrected chi connectivity index (χ0v) is 13.3. The van der Waals surface area contributed by atoms with Crippen molar-refractivity contribution in [1.29, 1.82) is 0 Å². The fraction of sp³-hybridized carbons (Fsp3) is 0.294. The lowest BCUT2D eigenvalue weighted by Gasteiger charge is -2.16. The van der Waals surface area contributed by atoms with Gasteiger partial charge in [-0.05, 0) is 52.4 Å². The molecule has 0 radical (unpaired) electrons. The van der Waals surface area contributed by atoms with E-state index in [0.29, 0.717) is 11.6 Å². The maximum absolute atomic E-state index is 12.4. The van der Waals surface area contributed by atoms with Crippen molar-refractivity contribution in [3.8, 4) is 0 Å². The average molecular weight is 345 g/mol. The molecule has 3 rings (SSSR count). The van der Waals surface area contributed by atoms with Gasteiger partial charge < -0.3 is 4.90 Å². The van der Waals surface area contributed by atoms with E-state index in [1.807, 2.05) is 17.0 Å². The van der Waals surface area contributed by atoms with E-state index in [9.17, 15) is 4.79 Å². The molecule has 108 valence electrons. The smallest absolute Gasteiger partial charge is 0.272 e. The predicted octanol–water partition coefficient (Wildman–Crippen LogP) is 3.55. The normalized spacial score (nSPS) is 18.0. The Labute approximate surface area is 133 Å². The number of halogens is 1. The van der Waals surface area contributed by atoms with Crippen LogP contribution in [0.4, 0.5) is 0 Å². The minimum absolute atomic E-state index is 0.0399. The van der Waals surface area contributed by atoms with Crippen molar-refractivity contribution in [2.45, 2.75) is 12.8 Å². The number of pyridine rings is 1. The maximum Gasteiger partial charge on any atom is 0.272 e. The Bertz CT molecular complexity index is 612. The molecule has 0 saturated carbocycles. The highest BCUT2D eigenvalue weighted by molar-refractivity contribution is 9.10. The molecular weight excluding hydrogens is 328 g/mol. The van der Waals surface area contributed by atoms with Gasteiger partial charge in [0.25, 0.3) is 5.91 Å². The summed E-state index contributed by atoms with van der Waals surface area (Å²) in [5.41, 5.74) is 1.87. The van der Waals surface area contributed by atoms with E-state index in [1.54, 1.807) is 12.3 Å². The first-order valence-corrected chi connectivity index (χ1v) is 7.96. The van der Waals surface area contributed by atoms with Gasteiger partial charge in [-0.25, -0.2) is 4.98 Å². The van der Waals surface area contributed by atoms with Crippen molar-refractivity contribution in [2.24, 2.45) is 5.92 Å². The minimum Gasteiger partial charge on any atom is -0.337 e. The molecule has 0 N–H and O–H groups in total. The molecule has 4 heteroatoms. The second-order valence-electron chi connectivity index (χ2n) is 5.46. The van der Waals surface area contributed by atoms with Gasteiger partial charge in [-0.2, -0.15) is 0 Å². The lowest BCUT2D eigenvalue weighted by Crippen LogP contribution is -2.29. The van der Waals surface area contributed by atoms with Crippen LogP contribution >= 0.6 is 15.9 Å². The summed E-state index contributed by atoms with van der Waals surface area (Å²) in [6, 6.07) is 14.1. The molecule has 1 aliphatic heterocycles. The van der Waals surface area contributed by atoms with E-state index in [0.717, 1.165) is 30.4 Å². The molecule has 3 nitrogen and oxygen atoms in total. The van der Waals surface area contributed by atoms with Crippen LogP contribution in [-0.4, -0.2) is 28.9 Å². The maximum atomic E-state index is 12.4. The van der Waals surface area contributed by atoms with Crippen LogP contribution in [0.5, 0.6) is 0 Å². The number of aromatic nitrogens is 1. The van der Waals surface area contributed by atoms with E-state index < -0.39 is 0 Å². The Balaban J connectivity index is 1.61. The number of carbonyl (C=O) groups is 1. The third kappa shape index (κ3) is 3.50. The zero-order chi connectivity index (χ0) is 14.7. The van der Waals surface area contributed by atoms with Gasteiger partial charge in [0.15, 0.2) is 0 Å². The van der Waals surface area contributed by atoms with E-state index in [-0.39, 0.29) is 5.91 Å². The topological polar surface area (TPSA) is 33.2 Å². The standard InChI is InChI=1S/C17H17BrN2O/c18-15-6-7-16(19-11-15)17(21)20-9-8-14(12-20)10-13-4-2-1-3-5-13/h1-7,11,14H,8-10,12H2. The molecule has 0 aliphatic carbocycles. The predicted molar refractivity (Wildman–Crippen MR) is 86.1 cm³/mol. The average Bonchev–Trinajstić information content (AvgIpc) is 2.97. The highest BCUT2D eigenvalue weighted by atomic mass is 79.9. The van der Waals surface area contributed by atoms with Crippen LogP contribution in [0.3, 0.4) is 0 Å². The van der Waals surface area contributed by atoms with Crippen molar-refractivity contribution in [3.63, 3.8) is 0 Å². The molecule has 1 aliphatic rings. The van der Waals surface area contributed by atoms with Crippen molar-refractivity contribution in [1.82, 2.24) is 9.88 Å². The number of hydrogen-bond acceptors (Lipinski definition) is 2. The summed E-state index contributed by atoms with van der Waals surface area (Å²) in [5.74, 6) is 0.588. The SMILES string of the molecule is O=C(c1ccc(Br)cn1)N1CCC(Cc2ccccc2)C1. The van der Waals surface area contributed by atoms with E-state index in [2.05, 4.69) is 45.2 Å². The van der Waals surface area contributed by atoms with Crippen LogP contribution in [0.25, 0.3) is 0 Å². The van der Waals surface area contributed by atoms with Crippen LogP contribution in [0.15, 0.2) is 53.1 Å².